The van der Waals surface area contributed by atoms with E-state index in [0.717, 1.165) is 49.4 Å². The molecule has 0 bridgehead atoms. The Labute approximate surface area is 294 Å². The standard InChI is InChI=1S/C20H30N2O2S.C16H13FN4O2.CH3F/c1-3-13-25(23)22-11-6-5-7-16(9-12-22)18-15-19-17(8-10-21-19)14-20(18)24-4-2;1-10-6-15(23-14-5-3-2-4-12(14)17)19-8-13(10)21-16(18)11(9-22)7-20-21;1-2/h8,10,14-16,21H,3-7,9,11-13H2,1-2H3;2-9H,18H2,1H3;1H3. The van der Waals surface area contributed by atoms with E-state index >= 15 is 0 Å². The molecule has 2 unspecified atom stereocenters. The van der Waals surface area contributed by atoms with Gasteiger partial charge in [0.05, 0.1) is 48.4 Å². The summed E-state index contributed by atoms with van der Waals surface area (Å²) in [6.45, 7) is 8.51. The van der Waals surface area contributed by atoms with Crippen LogP contribution in [0.1, 0.15) is 73.4 Å². The Morgan fingerprint density at radius 1 is 1.06 bits per heavy atom. The Kier molecular flexibility index (Phi) is 14.5. The highest BCUT2D eigenvalue weighted by Crippen LogP contribution is 2.37. The molecule has 6 rings (SSSR count). The average molecular weight is 709 g/mol. The van der Waals surface area contributed by atoms with Crippen molar-refractivity contribution in [3.05, 3.63) is 89.6 Å². The molecule has 1 saturated heterocycles. The van der Waals surface area contributed by atoms with Gasteiger partial charge in [0.15, 0.2) is 17.9 Å². The van der Waals surface area contributed by atoms with Gasteiger partial charge >= 0.3 is 0 Å². The third-order valence-electron chi connectivity index (χ3n) is 8.33. The van der Waals surface area contributed by atoms with Gasteiger partial charge in [-0.1, -0.05) is 25.5 Å². The summed E-state index contributed by atoms with van der Waals surface area (Å²) >= 11 is 0. The van der Waals surface area contributed by atoms with Gasteiger partial charge in [0.1, 0.15) is 11.6 Å². The van der Waals surface area contributed by atoms with Gasteiger partial charge in [-0.25, -0.2) is 22.6 Å². The summed E-state index contributed by atoms with van der Waals surface area (Å²) in [5.74, 6) is 2.36. The van der Waals surface area contributed by atoms with Crippen molar-refractivity contribution in [3.8, 4) is 23.1 Å². The molecule has 0 amide bonds. The normalized spacial score (nSPS) is 15.4. The summed E-state index contributed by atoms with van der Waals surface area (Å²) in [6, 6.07) is 14.2. The van der Waals surface area contributed by atoms with Crippen molar-refractivity contribution in [2.24, 2.45) is 0 Å². The monoisotopic (exact) mass is 708 g/mol. The number of H-pyrrole nitrogens is 1. The number of nitrogen functional groups attached to an aromatic ring is 1. The number of hydrogen-bond acceptors (Lipinski definition) is 7. The number of hydrogen-bond donors (Lipinski definition) is 2. The van der Waals surface area contributed by atoms with Gasteiger partial charge in [-0.05, 0) is 86.9 Å². The smallest absolute Gasteiger partial charge is 0.219 e. The van der Waals surface area contributed by atoms with Crippen LogP contribution in [0, 0.1) is 12.7 Å². The summed E-state index contributed by atoms with van der Waals surface area (Å²) < 4.78 is 50.5. The number of aryl methyl sites for hydroxylation is 1. The number of carbonyl (C=O) groups is 1. The number of alkyl halides is 1. The lowest BCUT2D eigenvalue weighted by atomic mass is 9.88. The summed E-state index contributed by atoms with van der Waals surface area (Å²) in [5.41, 5.74) is 10.0. The van der Waals surface area contributed by atoms with Crippen molar-refractivity contribution in [2.75, 3.05) is 38.4 Å². The Morgan fingerprint density at radius 3 is 2.56 bits per heavy atom. The highest BCUT2D eigenvalue weighted by atomic mass is 32.2. The van der Waals surface area contributed by atoms with Gasteiger partial charge in [-0.2, -0.15) is 5.10 Å². The third kappa shape index (κ3) is 9.54. The Hall–Kier alpha value is -4.62. The van der Waals surface area contributed by atoms with Crippen molar-refractivity contribution in [1.29, 1.82) is 0 Å². The minimum atomic E-state index is -0.825. The first-order valence-electron chi connectivity index (χ1n) is 16.8. The maximum absolute atomic E-state index is 13.6. The maximum atomic E-state index is 13.6. The second-order valence-corrected chi connectivity index (χ2v) is 13.2. The van der Waals surface area contributed by atoms with E-state index in [-0.39, 0.29) is 17.4 Å². The Balaban J connectivity index is 0.000000215. The number of pyridine rings is 1. The highest BCUT2D eigenvalue weighted by Gasteiger charge is 2.23. The van der Waals surface area contributed by atoms with Crippen LogP contribution in [0.5, 0.6) is 17.4 Å². The van der Waals surface area contributed by atoms with Crippen molar-refractivity contribution < 1.29 is 27.3 Å². The quantitative estimate of drug-likeness (QED) is 0.140. The lowest BCUT2D eigenvalue weighted by Gasteiger charge is -2.28. The molecule has 2 atom stereocenters. The molecule has 0 spiro atoms. The zero-order valence-electron chi connectivity index (χ0n) is 29.0. The van der Waals surface area contributed by atoms with Crippen LogP contribution in [0.3, 0.4) is 0 Å². The predicted octanol–water partition coefficient (Wildman–Crippen LogP) is 8.09. The molecule has 50 heavy (non-hydrogen) atoms. The van der Waals surface area contributed by atoms with E-state index in [9.17, 15) is 17.8 Å². The van der Waals surface area contributed by atoms with Gasteiger partial charge in [0.2, 0.25) is 5.88 Å². The first-order valence-corrected chi connectivity index (χ1v) is 18.0. The van der Waals surface area contributed by atoms with Crippen LogP contribution < -0.4 is 15.2 Å². The van der Waals surface area contributed by atoms with Crippen LogP contribution in [0.15, 0.2) is 67.1 Å². The number of carbonyl (C=O) groups excluding carboxylic acids is 1. The third-order valence-corrected chi connectivity index (χ3v) is 10.0. The first-order chi connectivity index (χ1) is 24.3. The molecule has 0 aliphatic carbocycles. The summed E-state index contributed by atoms with van der Waals surface area (Å²) in [4.78, 5) is 18.3. The number of rotatable bonds is 10. The molecule has 5 aromatic rings. The molecule has 0 radical (unpaired) electrons. The Bertz CT molecular complexity index is 1860. The van der Waals surface area contributed by atoms with E-state index < -0.39 is 16.8 Å². The second kappa shape index (κ2) is 19.0. The topological polar surface area (TPSA) is 128 Å². The van der Waals surface area contributed by atoms with Crippen LogP contribution in [-0.4, -0.2) is 67.2 Å². The van der Waals surface area contributed by atoms with E-state index in [1.807, 2.05) is 20.0 Å². The summed E-state index contributed by atoms with van der Waals surface area (Å²) in [7, 11) is -0.325. The zero-order chi connectivity index (χ0) is 36.0. The number of aromatic amines is 1. The Morgan fingerprint density at radius 2 is 1.86 bits per heavy atom. The molecular weight excluding hydrogens is 663 g/mol. The number of anilines is 1. The first kappa shape index (κ1) is 38.2. The summed E-state index contributed by atoms with van der Waals surface area (Å²) in [6.07, 6.45) is 11.0. The van der Waals surface area contributed by atoms with Crippen LogP contribution in [-0.2, 0) is 11.0 Å². The van der Waals surface area contributed by atoms with E-state index in [1.165, 1.54) is 58.5 Å². The van der Waals surface area contributed by atoms with E-state index in [2.05, 4.69) is 44.5 Å². The highest BCUT2D eigenvalue weighted by molar-refractivity contribution is 7.82. The minimum Gasteiger partial charge on any atom is -0.494 e. The van der Waals surface area contributed by atoms with Crippen molar-refractivity contribution in [1.82, 2.24) is 24.1 Å². The molecule has 1 aliphatic rings. The lowest BCUT2D eigenvalue weighted by Crippen LogP contribution is -2.32. The van der Waals surface area contributed by atoms with Crippen molar-refractivity contribution >= 4 is 34.0 Å². The van der Waals surface area contributed by atoms with Crippen LogP contribution in [0.2, 0.25) is 0 Å². The number of nitrogens with zero attached hydrogens (tertiary/aromatic N) is 4. The minimum absolute atomic E-state index is 0.0917. The molecular formula is C37H46F2N6O4S. The predicted molar refractivity (Wildman–Crippen MR) is 195 cm³/mol. The average Bonchev–Trinajstić information content (AvgIpc) is 3.72. The number of aromatic nitrogens is 4. The molecule has 1 aliphatic heterocycles. The van der Waals surface area contributed by atoms with Crippen LogP contribution >= 0.6 is 0 Å². The lowest BCUT2D eigenvalue weighted by molar-refractivity contribution is 0.112. The molecule has 13 heteroatoms. The van der Waals surface area contributed by atoms with Gasteiger partial charge in [0.25, 0.3) is 0 Å². The fourth-order valence-corrected chi connectivity index (χ4v) is 7.09. The van der Waals surface area contributed by atoms with Crippen LogP contribution in [0.4, 0.5) is 14.6 Å². The molecule has 3 N–H and O–H groups in total. The number of halogens is 2. The van der Waals surface area contributed by atoms with Gasteiger partial charge < -0.3 is 20.2 Å². The number of para-hydroxylation sites is 1. The fraction of sp³-hybridized carbons (Fsp3) is 0.378. The van der Waals surface area contributed by atoms with Gasteiger partial charge in [0, 0.05) is 42.0 Å². The van der Waals surface area contributed by atoms with Crippen molar-refractivity contribution in [3.63, 3.8) is 0 Å². The largest absolute Gasteiger partial charge is 0.494 e. The number of nitrogens with one attached hydrogen (secondary N) is 1. The second-order valence-electron chi connectivity index (χ2n) is 11.7. The van der Waals surface area contributed by atoms with Gasteiger partial charge in [-0.15, -0.1) is 0 Å². The number of fused-ring (bicyclic) bond motifs is 1. The summed E-state index contributed by atoms with van der Waals surface area (Å²) in [5, 5.41) is 5.26. The fourth-order valence-electron chi connectivity index (χ4n) is 5.84. The maximum Gasteiger partial charge on any atom is 0.219 e. The molecule has 0 saturated carbocycles. The SMILES string of the molecule is CCCS(=O)N1CCCCC(c2cc3[nH]ccc3cc2OCC)CC1.CF.Cc1cc(Oc2ccccc2F)ncc1-n1ncc(C=O)c1N. The molecule has 4 heterocycles. The van der Waals surface area contributed by atoms with E-state index in [0.29, 0.717) is 37.2 Å². The number of benzene rings is 2. The molecule has 10 nitrogen and oxygen atoms in total. The van der Waals surface area contributed by atoms with Crippen LogP contribution in [0.25, 0.3) is 16.6 Å². The molecule has 3 aromatic heterocycles. The van der Waals surface area contributed by atoms with Gasteiger partial charge in [-0.3, -0.25) is 9.18 Å². The molecule has 1 fully saturated rings. The molecule has 2 aromatic carbocycles. The zero-order valence-corrected chi connectivity index (χ0v) is 29.8. The van der Waals surface area contributed by atoms with Crippen molar-refractivity contribution in [2.45, 2.75) is 58.8 Å². The molecule has 268 valence electrons. The number of ether oxygens (including phenoxy) is 2. The van der Waals surface area contributed by atoms with E-state index in [4.69, 9.17) is 15.2 Å². The number of aldehydes is 1. The van der Waals surface area contributed by atoms with E-state index in [1.54, 1.807) is 18.2 Å². The number of nitrogens with two attached hydrogens (primary N) is 1.